The van der Waals surface area contributed by atoms with Crippen LogP contribution in [0.3, 0.4) is 0 Å². The molecule has 2 aliphatic rings. The van der Waals surface area contributed by atoms with Crippen molar-refractivity contribution < 1.29 is 0 Å². The molecule has 1 fully saturated rings. The minimum atomic E-state index is 0.254. The molecule has 0 N–H and O–H groups in total. The maximum Gasteiger partial charge on any atom is 0.0541 e. The summed E-state index contributed by atoms with van der Waals surface area (Å²) in [7, 11) is 0. The highest BCUT2D eigenvalue weighted by Gasteiger charge is 2.28. The van der Waals surface area contributed by atoms with E-state index in [1.807, 2.05) is 0 Å². The van der Waals surface area contributed by atoms with Crippen molar-refractivity contribution in [3.8, 4) is 27.9 Å². The summed E-state index contributed by atoms with van der Waals surface area (Å²) in [6.07, 6.45) is 11.2. The van der Waals surface area contributed by atoms with Gasteiger partial charge in [-0.15, -0.1) is 0 Å². The Bertz CT molecular complexity index is 3730. The molecule has 10 aromatic carbocycles. The summed E-state index contributed by atoms with van der Waals surface area (Å²) in [5, 5.41) is 7.83. The highest BCUT2D eigenvalue weighted by Crippen LogP contribution is 2.48. The van der Waals surface area contributed by atoms with E-state index < -0.39 is 0 Å². The van der Waals surface area contributed by atoms with E-state index >= 15 is 0 Å². The number of para-hydroxylation sites is 3. The molecule has 2 aliphatic carbocycles. The number of nitrogens with zero attached hydrogens (tertiary/aromatic N) is 2. The third-order valence-electron chi connectivity index (χ3n) is 15.5. The molecule has 0 aliphatic heterocycles. The molecule has 0 amide bonds. The predicted octanol–water partition coefficient (Wildman–Crippen LogP) is 18.7. The molecular weight excluding hydrogens is 833 g/mol. The maximum atomic E-state index is 2.51. The van der Waals surface area contributed by atoms with Crippen molar-refractivity contribution in [3.63, 3.8) is 0 Å². The van der Waals surface area contributed by atoms with Crippen LogP contribution in [0, 0.1) is 5.92 Å². The Morgan fingerprint density at radius 1 is 0.464 bits per heavy atom. The molecule has 1 saturated carbocycles. The van der Waals surface area contributed by atoms with Crippen molar-refractivity contribution in [2.45, 2.75) is 50.9 Å². The molecule has 0 radical (unpaired) electrons. The first kappa shape index (κ1) is 41.3. The molecule has 1 heterocycles. The molecule has 0 saturated heterocycles. The third-order valence-corrected chi connectivity index (χ3v) is 15.5. The fraction of sp³-hybridized carbons (Fsp3) is 0.134. The summed E-state index contributed by atoms with van der Waals surface area (Å²) in [6, 6.07) is 81.8. The molecule has 332 valence electrons. The average Bonchev–Trinajstić information content (AvgIpc) is 3.75. The normalized spacial score (nSPS) is 16.1. The number of anilines is 3. The second-order valence-corrected chi connectivity index (χ2v) is 19.5. The van der Waals surface area contributed by atoms with E-state index in [1.165, 1.54) is 131 Å². The predicted molar refractivity (Wildman–Crippen MR) is 294 cm³/mol. The topological polar surface area (TPSA) is 8.17 Å². The molecule has 11 aromatic rings. The lowest BCUT2D eigenvalue weighted by atomic mass is 9.75. The van der Waals surface area contributed by atoms with Gasteiger partial charge in [0.1, 0.15) is 0 Å². The molecule has 13 rings (SSSR count). The van der Waals surface area contributed by atoms with Gasteiger partial charge in [0.25, 0.3) is 0 Å². The van der Waals surface area contributed by atoms with Gasteiger partial charge in [0.05, 0.1) is 16.7 Å². The van der Waals surface area contributed by atoms with E-state index in [0.29, 0.717) is 11.8 Å². The molecule has 1 aromatic heterocycles. The van der Waals surface area contributed by atoms with Gasteiger partial charge < -0.3 is 9.47 Å². The Morgan fingerprint density at radius 3 is 2.03 bits per heavy atom. The van der Waals surface area contributed by atoms with Crippen molar-refractivity contribution in [3.05, 3.63) is 247 Å². The van der Waals surface area contributed by atoms with Gasteiger partial charge in [0.15, 0.2) is 0 Å². The minimum absolute atomic E-state index is 0.254. The first-order chi connectivity index (χ1) is 34.2. The van der Waals surface area contributed by atoms with E-state index in [0.717, 1.165) is 11.4 Å². The smallest absolute Gasteiger partial charge is 0.0541 e. The number of allylic oxidation sites excluding steroid dienone is 1. The third kappa shape index (κ3) is 7.17. The van der Waals surface area contributed by atoms with Crippen LogP contribution < -0.4 is 4.90 Å². The summed E-state index contributed by atoms with van der Waals surface area (Å²) >= 11 is 0. The van der Waals surface area contributed by atoms with Gasteiger partial charge in [-0.05, 0) is 146 Å². The number of rotatable bonds is 8. The Hall–Kier alpha value is -7.94. The van der Waals surface area contributed by atoms with Gasteiger partial charge >= 0.3 is 0 Å². The minimum Gasteiger partial charge on any atom is -0.310 e. The number of benzene rings is 10. The highest BCUT2D eigenvalue weighted by atomic mass is 15.1. The molecule has 2 heteroatoms. The summed E-state index contributed by atoms with van der Waals surface area (Å²) in [5.41, 5.74) is 17.5. The van der Waals surface area contributed by atoms with Crippen LogP contribution in [0.15, 0.2) is 224 Å². The Kier molecular flexibility index (Phi) is 10.3. The number of hydrogen-bond donors (Lipinski definition) is 0. The van der Waals surface area contributed by atoms with Crippen LogP contribution in [-0.2, 0) is 0 Å². The SMILES string of the molecule is CC1C=Cc2c(ccc3ccccc23)C1c1ccc(N(c2cccc(-c3ccc4c(c3)c3ccccc3n4-c3ccccc3)c2)c2ccccc2-c2cccc3cccc(C4CCCCC4)c23)cc1. The van der Waals surface area contributed by atoms with Crippen molar-refractivity contribution in [2.24, 2.45) is 5.92 Å². The Balaban J connectivity index is 0.972. The summed E-state index contributed by atoms with van der Waals surface area (Å²) in [5.74, 6) is 1.20. The zero-order chi connectivity index (χ0) is 45.8. The van der Waals surface area contributed by atoms with Crippen molar-refractivity contribution >= 4 is 66.5 Å². The average molecular weight is 887 g/mol. The Labute approximate surface area is 405 Å². The quantitative estimate of drug-likeness (QED) is 0.148. The van der Waals surface area contributed by atoms with E-state index in [9.17, 15) is 0 Å². The van der Waals surface area contributed by atoms with Crippen LogP contribution >= 0.6 is 0 Å². The van der Waals surface area contributed by atoms with Gasteiger partial charge in [0, 0.05) is 39.3 Å². The van der Waals surface area contributed by atoms with Crippen molar-refractivity contribution in [1.82, 2.24) is 4.57 Å². The van der Waals surface area contributed by atoms with Crippen LogP contribution in [0.1, 0.15) is 73.1 Å². The second kappa shape index (κ2) is 17.3. The molecule has 2 unspecified atom stereocenters. The first-order valence-electron chi connectivity index (χ1n) is 25.1. The zero-order valence-electron chi connectivity index (χ0n) is 39.1. The summed E-state index contributed by atoms with van der Waals surface area (Å²) in [4.78, 5) is 2.51. The zero-order valence-corrected chi connectivity index (χ0v) is 39.1. The number of aromatic nitrogens is 1. The summed E-state index contributed by atoms with van der Waals surface area (Å²) in [6.45, 7) is 2.36. The number of hydrogen-bond acceptors (Lipinski definition) is 1. The largest absolute Gasteiger partial charge is 0.310 e. The molecule has 2 nitrogen and oxygen atoms in total. The molecule has 69 heavy (non-hydrogen) atoms. The number of fused-ring (bicyclic) bond motifs is 7. The van der Waals surface area contributed by atoms with Crippen molar-refractivity contribution in [2.75, 3.05) is 4.90 Å². The fourth-order valence-electron chi connectivity index (χ4n) is 12.2. The van der Waals surface area contributed by atoms with E-state index in [1.54, 1.807) is 0 Å². The van der Waals surface area contributed by atoms with Crippen LogP contribution in [0.2, 0.25) is 0 Å². The highest BCUT2D eigenvalue weighted by molar-refractivity contribution is 6.11. The van der Waals surface area contributed by atoms with Crippen LogP contribution in [0.5, 0.6) is 0 Å². The van der Waals surface area contributed by atoms with Crippen LogP contribution in [0.25, 0.3) is 77.4 Å². The molecular formula is C67H54N2. The van der Waals surface area contributed by atoms with Gasteiger partial charge in [0.2, 0.25) is 0 Å². The first-order valence-corrected chi connectivity index (χ1v) is 25.1. The Morgan fingerprint density at radius 2 is 1.16 bits per heavy atom. The molecule has 2 atom stereocenters. The van der Waals surface area contributed by atoms with E-state index in [2.05, 4.69) is 247 Å². The fourth-order valence-corrected chi connectivity index (χ4v) is 12.2. The van der Waals surface area contributed by atoms with Gasteiger partial charge in [-0.1, -0.05) is 196 Å². The lowest BCUT2D eigenvalue weighted by Gasteiger charge is -2.31. The van der Waals surface area contributed by atoms with Gasteiger partial charge in [-0.25, -0.2) is 0 Å². The van der Waals surface area contributed by atoms with Gasteiger partial charge in [-0.3, -0.25) is 0 Å². The molecule has 0 bridgehead atoms. The van der Waals surface area contributed by atoms with Crippen molar-refractivity contribution in [1.29, 1.82) is 0 Å². The molecule has 0 spiro atoms. The second-order valence-electron chi connectivity index (χ2n) is 19.5. The monoisotopic (exact) mass is 886 g/mol. The van der Waals surface area contributed by atoms with E-state index in [-0.39, 0.29) is 5.92 Å². The lowest BCUT2D eigenvalue weighted by molar-refractivity contribution is 0.445. The van der Waals surface area contributed by atoms with Crippen LogP contribution in [-0.4, -0.2) is 4.57 Å². The lowest BCUT2D eigenvalue weighted by Crippen LogP contribution is -2.15. The standard InChI is InChI=1S/C67H54N2/c1-45-33-40-57-55-26-9-8-19-47(55)36-41-61(57)66(45)49-34-38-53(39-35-49)68(63-31-12-10-27-58(63)60-30-16-21-48-20-15-29-56(67(48)60)46-17-4-2-5-18-46)54-25-14-22-50(43-54)51-37-42-65-62(44-51)59-28-11-13-32-64(59)69(65)52-23-6-3-7-24-52/h3,6-16,19-46,66H,2,4-5,17-18H2,1H3. The van der Waals surface area contributed by atoms with Gasteiger partial charge in [-0.2, -0.15) is 0 Å². The maximum absolute atomic E-state index is 2.51. The van der Waals surface area contributed by atoms with E-state index in [4.69, 9.17) is 0 Å². The van der Waals surface area contributed by atoms with Crippen LogP contribution in [0.4, 0.5) is 17.1 Å². The summed E-state index contributed by atoms with van der Waals surface area (Å²) < 4.78 is 2.39.